The molecule has 1 heterocycles. The number of benzene rings is 1. The van der Waals surface area contributed by atoms with Crippen LogP contribution in [0.3, 0.4) is 0 Å². The van der Waals surface area contributed by atoms with Crippen LogP contribution in [0.15, 0.2) is 12.1 Å². The Morgan fingerprint density at radius 1 is 1.43 bits per heavy atom. The number of halogens is 2. The van der Waals surface area contributed by atoms with Crippen molar-refractivity contribution in [2.75, 3.05) is 13.2 Å². The molecule has 0 radical (unpaired) electrons. The Bertz CT molecular complexity index is 562. The summed E-state index contributed by atoms with van der Waals surface area (Å²) in [6.45, 7) is 2.21. The van der Waals surface area contributed by atoms with E-state index in [1.165, 1.54) is 12.1 Å². The van der Waals surface area contributed by atoms with Crippen LogP contribution >= 0.6 is 23.2 Å². The van der Waals surface area contributed by atoms with Gasteiger partial charge in [-0.05, 0) is 25.5 Å². The predicted octanol–water partition coefficient (Wildman–Crippen LogP) is 2.83. The minimum Gasteiger partial charge on any atom is -0.488 e. The third kappa shape index (κ3) is 3.80. The van der Waals surface area contributed by atoms with Gasteiger partial charge in [0.05, 0.1) is 28.3 Å². The maximum absolute atomic E-state index is 11.8. The van der Waals surface area contributed by atoms with Gasteiger partial charge < -0.3 is 14.8 Å². The molecule has 1 unspecified atom stereocenters. The summed E-state index contributed by atoms with van der Waals surface area (Å²) in [7, 11) is 0. The van der Waals surface area contributed by atoms with Gasteiger partial charge in [-0.1, -0.05) is 23.2 Å². The number of nitrogens with one attached hydrogen (secondary N) is 1. The normalized spacial score (nSPS) is 17.5. The van der Waals surface area contributed by atoms with Gasteiger partial charge in [0.2, 0.25) is 5.91 Å². The van der Waals surface area contributed by atoms with Crippen LogP contribution in [0.1, 0.15) is 30.1 Å². The van der Waals surface area contributed by atoms with Gasteiger partial charge in [-0.15, -0.1) is 0 Å². The molecule has 0 saturated carbocycles. The minimum absolute atomic E-state index is 0.000989. The van der Waals surface area contributed by atoms with E-state index in [4.69, 9.17) is 32.7 Å². The number of carbonyl (C=O) groups excluding carboxylic acids is 2. The van der Waals surface area contributed by atoms with Crippen LogP contribution in [0.25, 0.3) is 0 Å². The maximum atomic E-state index is 11.8. The van der Waals surface area contributed by atoms with Gasteiger partial charge in [-0.3, -0.25) is 4.79 Å². The lowest BCUT2D eigenvalue weighted by Crippen LogP contribution is -2.31. The Labute approximate surface area is 132 Å². The average molecular weight is 332 g/mol. The van der Waals surface area contributed by atoms with Crippen molar-refractivity contribution in [3.63, 3.8) is 0 Å². The Kier molecular flexibility index (Phi) is 5.31. The zero-order valence-electron chi connectivity index (χ0n) is 11.4. The zero-order valence-corrected chi connectivity index (χ0v) is 13.0. The highest BCUT2D eigenvalue weighted by atomic mass is 35.5. The summed E-state index contributed by atoms with van der Waals surface area (Å²) in [6, 6.07) is 2.95. The topological polar surface area (TPSA) is 64.6 Å². The van der Waals surface area contributed by atoms with Crippen molar-refractivity contribution in [2.24, 2.45) is 0 Å². The van der Waals surface area contributed by atoms with E-state index in [0.29, 0.717) is 17.9 Å². The highest BCUT2D eigenvalue weighted by Crippen LogP contribution is 2.36. The molecule has 114 valence electrons. The number of ether oxygens (including phenoxy) is 2. The van der Waals surface area contributed by atoms with Crippen molar-refractivity contribution in [1.29, 1.82) is 0 Å². The van der Waals surface area contributed by atoms with Crippen LogP contribution in [0, 0.1) is 0 Å². The molecule has 1 aromatic rings. The van der Waals surface area contributed by atoms with Crippen LogP contribution < -0.4 is 10.1 Å². The third-order valence-corrected chi connectivity index (χ3v) is 3.73. The molecule has 2 rings (SSSR count). The fourth-order valence-corrected chi connectivity index (χ4v) is 2.57. The second-order valence-corrected chi connectivity index (χ2v) is 5.36. The monoisotopic (exact) mass is 331 g/mol. The molecule has 21 heavy (non-hydrogen) atoms. The minimum atomic E-state index is -0.529. The van der Waals surface area contributed by atoms with Crippen molar-refractivity contribution >= 4 is 35.1 Å². The second-order valence-electron chi connectivity index (χ2n) is 4.57. The predicted molar refractivity (Wildman–Crippen MR) is 79.1 cm³/mol. The molecule has 1 amide bonds. The molecule has 1 fully saturated rings. The number of carbonyl (C=O) groups is 2. The smallest absolute Gasteiger partial charge is 0.339 e. The molecule has 0 aliphatic carbocycles. The molecule has 7 heteroatoms. The van der Waals surface area contributed by atoms with Crippen molar-refractivity contribution in [2.45, 2.75) is 25.8 Å². The van der Waals surface area contributed by atoms with Gasteiger partial charge in [-0.2, -0.15) is 0 Å². The maximum Gasteiger partial charge on any atom is 0.339 e. The van der Waals surface area contributed by atoms with E-state index in [1.807, 2.05) is 0 Å². The van der Waals surface area contributed by atoms with E-state index >= 15 is 0 Å². The summed E-state index contributed by atoms with van der Waals surface area (Å²) in [4.78, 5) is 22.9. The van der Waals surface area contributed by atoms with E-state index in [0.717, 1.165) is 0 Å². The number of amides is 1. The second kappa shape index (κ2) is 7.00. The van der Waals surface area contributed by atoms with Crippen molar-refractivity contribution in [3.05, 3.63) is 27.7 Å². The molecule has 1 aliphatic rings. The first-order valence-electron chi connectivity index (χ1n) is 6.60. The highest BCUT2D eigenvalue weighted by Gasteiger charge is 2.23. The Morgan fingerprint density at radius 3 is 2.81 bits per heavy atom. The first-order valence-corrected chi connectivity index (χ1v) is 7.35. The fourth-order valence-electron chi connectivity index (χ4n) is 2.02. The summed E-state index contributed by atoms with van der Waals surface area (Å²) >= 11 is 12.2. The molecule has 5 nitrogen and oxygen atoms in total. The van der Waals surface area contributed by atoms with Crippen LogP contribution in [0.4, 0.5) is 0 Å². The Hall–Kier alpha value is -1.46. The molecule has 1 N–H and O–H groups in total. The lowest BCUT2D eigenvalue weighted by molar-refractivity contribution is -0.119. The zero-order chi connectivity index (χ0) is 15.4. The molecule has 0 aromatic heterocycles. The van der Waals surface area contributed by atoms with Gasteiger partial charge >= 0.3 is 5.97 Å². The molecule has 0 spiro atoms. The van der Waals surface area contributed by atoms with Gasteiger partial charge in [0, 0.05) is 6.42 Å². The van der Waals surface area contributed by atoms with Crippen molar-refractivity contribution < 1.29 is 19.1 Å². The molecular weight excluding hydrogens is 317 g/mol. The molecule has 1 saturated heterocycles. The molecule has 1 atom stereocenters. The van der Waals surface area contributed by atoms with E-state index in [-0.39, 0.29) is 41.5 Å². The summed E-state index contributed by atoms with van der Waals surface area (Å²) in [5, 5.41) is 3.20. The Balaban J connectivity index is 2.12. The van der Waals surface area contributed by atoms with Gasteiger partial charge in [0.15, 0.2) is 5.75 Å². The summed E-state index contributed by atoms with van der Waals surface area (Å²) < 4.78 is 10.5. The first-order chi connectivity index (χ1) is 10.0. The van der Waals surface area contributed by atoms with Gasteiger partial charge in [0.25, 0.3) is 0 Å². The molecular formula is C14H15Cl2NO4. The van der Waals surface area contributed by atoms with Crippen molar-refractivity contribution in [3.8, 4) is 5.75 Å². The van der Waals surface area contributed by atoms with Gasteiger partial charge in [0.1, 0.15) is 6.61 Å². The standard InChI is InChI=1S/C14H15Cl2NO4/c1-2-20-14(19)9-4-5-10(15)13(12(9)16)21-7-8-3-6-11(18)17-8/h4-5,8H,2-3,6-7H2,1H3,(H,17,18). The number of esters is 1. The summed E-state index contributed by atoms with van der Waals surface area (Å²) in [5.41, 5.74) is 0.202. The van der Waals surface area contributed by atoms with Crippen LogP contribution in [0.5, 0.6) is 5.75 Å². The van der Waals surface area contributed by atoms with Crippen LogP contribution in [0.2, 0.25) is 10.0 Å². The highest BCUT2D eigenvalue weighted by molar-refractivity contribution is 6.39. The largest absolute Gasteiger partial charge is 0.488 e. The summed E-state index contributed by atoms with van der Waals surface area (Å²) in [6.07, 6.45) is 1.18. The quantitative estimate of drug-likeness (QED) is 0.842. The lowest BCUT2D eigenvalue weighted by atomic mass is 10.2. The molecule has 1 aliphatic heterocycles. The SMILES string of the molecule is CCOC(=O)c1ccc(Cl)c(OCC2CCC(=O)N2)c1Cl. The van der Waals surface area contributed by atoms with Crippen molar-refractivity contribution in [1.82, 2.24) is 5.32 Å². The molecule has 0 bridgehead atoms. The number of hydrogen-bond acceptors (Lipinski definition) is 4. The molecule has 1 aromatic carbocycles. The third-order valence-electron chi connectivity index (χ3n) is 3.06. The van der Waals surface area contributed by atoms with E-state index in [2.05, 4.69) is 5.32 Å². The average Bonchev–Trinajstić information content (AvgIpc) is 2.84. The van der Waals surface area contributed by atoms with Crippen LogP contribution in [-0.4, -0.2) is 31.1 Å². The lowest BCUT2D eigenvalue weighted by Gasteiger charge is -2.15. The number of rotatable bonds is 5. The van der Waals surface area contributed by atoms with E-state index in [1.54, 1.807) is 6.92 Å². The Morgan fingerprint density at radius 2 is 2.19 bits per heavy atom. The van der Waals surface area contributed by atoms with E-state index < -0.39 is 5.97 Å². The first kappa shape index (κ1) is 15.9. The number of hydrogen-bond donors (Lipinski definition) is 1. The fraction of sp³-hybridized carbons (Fsp3) is 0.429. The van der Waals surface area contributed by atoms with Crippen LogP contribution in [-0.2, 0) is 9.53 Å². The van der Waals surface area contributed by atoms with Gasteiger partial charge in [-0.25, -0.2) is 4.79 Å². The van der Waals surface area contributed by atoms with E-state index in [9.17, 15) is 9.59 Å². The summed E-state index contributed by atoms with van der Waals surface area (Å²) in [5.74, 6) is -0.302.